The SMILES string of the molecule is Cc1cccc(Cn2cc(NC(=O)C(C)n3ncc(Cl)c3C)cn2)c1. The molecule has 1 amide bonds. The maximum absolute atomic E-state index is 12.4. The average Bonchev–Trinajstić information content (AvgIpc) is 3.14. The molecule has 130 valence electrons. The average molecular weight is 358 g/mol. The summed E-state index contributed by atoms with van der Waals surface area (Å²) in [5.74, 6) is -0.169. The summed E-state index contributed by atoms with van der Waals surface area (Å²) in [5, 5.41) is 11.9. The fraction of sp³-hybridized carbons (Fsp3) is 0.278. The Balaban J connectivity index is 1.66. The lowest BCUT2D eigenvalue weighted by Crippen LogP contribution is -2.25. The van der Waals surface area contributed by atoms with E-state index in [1.807, 2.05) is 19.2 Å². The molecule has 3 aromatic rings. The molecule has 1 unspecified atom stereocenters. The van der Waals surface area contributed by atoms with Crippen molar-refractivity contribution in [1.82, 2.24) is 19.6 Å². The van der Waals surface area contributed by atoms with Crippen LogP contribution in [0.25, 0.3) is 0 Å². The van der Waals surface area contributed by atoms with Crippen LogP contribution in [0.1, 0.15) is 29.8 Å². The molecule has 1 atom stereocenters. The number of aryl methyl sites for hydroxylation is 1. The molecular weight excluding hydrogens is 338 g/mol. The van der Waals surface area contributed by atoms with E-state index in [0.29, 0.717) is 17.3 Å². The third-order valence-electron chi connectivity index (χ3n) is 4.06. The number of halogens is 1. The van der Waals surface area contributed by atoms with Crippen LogP contribution in [0, 0.1) is 13.8 Å². The van der Waals surface area contributed by atoms with E-state index in [1.54, 1.807) is 28.7 Å². The number of carbonyl (C=O) groups excluding carboxylic acids is 1. The fourth-order valence-electron chi connectivity index (χ4n) is 2.66. The number of nitrogens with zero attached hydrogens (tertiary/aromatic N) is 4. The molecule has 6 nitrogen and oxygen atoms in total. The molecule has 7 heteroatoms. The van der Waals surface area contributed by atoms with Gasteiger partial charge in [-0.05, 0) is 26.3 Å². The molecule has 0 spiro atoms. The third-order valence-corrected chi connectivity index (χ3v) is 4.43. The van der Waals surface area contributed by atoms with Gasteiger partial charge < -0.3 is 5.32 Å². The van der Waals surface area contributed by atoms with Gasteiger partial charge in [-0.25, -0.2) is 0 Å². The first-order valence-electron chi connectivity index (χ1n) is 8.02. The van der Waals surface area contributed by atoms with Gasteiger partial charge in [-0.15, -0.1) is 0 Å². The van der Waals surface area contributed by atoms with Gasteiger partial charge in [-0.1, -0.05) is 41.4 Å². The van der Waals surface area contributed by atoms with Gasteiger partial charge in [-0.3, -0.25) is 14.2 Å². The van der Waals surface area contributed by atoms with Crippen LogP contribution in [0.15, 0.2) is 42.9 Å². The van der Waals surface area contributed by atoms with Crippen molar-refractivity contribution < 1.29 is 4.79 Å². The number of rotatable bonds is 5. The van der Waals surface area contributed by atoms with Crippen molar-refractivity contribution in [3.63, 3.8) is 0 Å². The molecule has 0 saturated carbocycles. The Morgan fingerprint density at radius 2 is 2.08 bits per heavy atom. The van der Waals surface area contributed by atoms with Crippen LogP contribution in [0.2, 0.25) is 5.02 Å². The number of hydrogen-bond acceptors (Lipinski definition) is 3. The van der Waals surface area contributed by atoms with Gasteiger partial charge in [0.2, 0.25) is 5.91 Å². The monoisotopic (exact) mass is 357 g/mol. The quantitative estimate of drug-likeness (QED) is 0.758. The van der Waals surface area contributed by atoms with Crippen molar-refractivity contribution in [3.05, 3.63) is 64.7 Å². The molecule has 25 heavy (non-hydrogen) atoms. The smallest absolute Gasteiger partial charge is 0.249 e. The highest BCUT2D eigenvalue weighted by Gasteiger charge is 2.19. The van der Waals surface area contributed by atoms with Gasteiger partial charge in [0.05, 0.1) is 35.3 Å². The van der Waals surface area contributed by atoms with Crippen molar-refractivity contribution in [2.45, 2.75) is 33.4 Å². The summed E-state index contributed by atoms with van der Waals surface area (Å²) in [7, 11) is 0. The molecule has 0 fully saturated rings. The van der Waals surface area contributed by atoms with Crippen LogP contribution in [0.5, 0.6) is 0 Å². The Morgan fingerprint density at radius 3 is 2.76 bits per heavy atom. The van der Waals surface area contributed by atoms with E-state index in [0.717, 1.165) is 11.3 Å². The minimum Gasteiger partial charge on any atom is -0.322 e. The number of nitrogens with one attached hydrogen (secondary N) is 1. The zero-order valence-electron chi connectivity index (χ0n) is 14.4. The van der Waals surface area contributed by atoms with Gasteiger partial charge in [0.1, 0.15) is 6.04 Å². The lowest BCUT2D eigenvalue weighted by Gasteiger charge is -2.13. The maximum atomic E-state index is 12.4. The predicted molar refractivity (Wildman–Crippen MR) is 97.8 cm³/mol. The number of benzene rings is 1. The first kappa shape index (κ1) is 17.2. The van der Waals surface area contributed by atoms with Crippen LogP contribution in [-0.4, -0.2) is 25.5 Å². The summed E-state index contributed by atoms with van der Waals surface area (Å²) in [6.07, 6.45) is 5.00. The molecule has 0 bridgehead atoms. The van der Waals surface area contributed by atoms with Gasteiger partial charge in [0.25, 0.3) is 0 Å². The summed E-state index contributed by atoms with van der Waals surface area (Å²) in [5.41, 5.74) is 3.79. The van der Waals surface area contributed by atoms with Crippen LogP contribution in [0.4, 0.5) is 5.69 Å². The number of aromatic nitrogens is 4. The van der Waals surface area contributed by atoms with Crippen molar-refractivity contribution in [2.75, 3.05) is 5.32 Å². The first-order valence-corrected chi connectivity index (χ1v) is 8.40. The van der Waals surface area contributed by atoms with E-state index in [9.17, 15) is 4.79 Å². The van der Waals surface area contributed by atoms with E-state index in [2.05, 4.69) is 40.6 Å². The highest BCUT2D eigenvalue weighted by molar-refractivity contribution is 6.31. The predicted octanol–water partition coefficient (Wildman–Crippen LogP) is 3.60. The standard InChI is InChI=1S/C18H20ClN5O/c1-12-5-4-6-15(7-12)10-23-11-16(8-20-23)22-18(25)14(3)24-13(2)17(19)9-21-24/h4-9,11,14H,10H2,1-3H3,(H,22,25). The molecule has 0 aliphatic heterocycles. The normalized spacial score (nSPS) is 12.2. The highest BCUT2D eigenvalue weighted by Crippen LogP contribution is 2.19. The number of carbonyl (C=O) groups is 1. The number of amides is 1. The second-order valence-corrected chi connectivity index (χ2v) is 6.51. The topological polar surface area (TPSA) is 64.7 Å². The third kappa shape index (κ3) is 3.91. The summed E-state index contributed by atoms with van der Waals surface area (Å²) in [6, 6.07) is 7.79. The van der Waals surface area contributed by atoms with Crippen LogP contribution in [0.3, 0.4) is 0 Å². The van der Waals surface area contributed by atoms with Gasteiger partial charge >= 0.3 is 0 Å². The molecule has 3 rings (SSSR count). The second-order valence-electron chi connectivity index (χ2n) is 6.10. The lowest BCUT2D eigenvalue weighted by molar-refractivity contribution is -0.119. The zero-order valence-corrected chi connectivity index (χ0v) is 15.2. The van der Waals surface area contributed by atoms with Crippen LogP contribution < -0.4 is 5.32 Å². The van der Waals surface area contributed by atoms with Crippen LogP contribution in [-0.2, 0) is 11.3 Å². The Hall–Kier alpha value is -2.60. The van der Waals surface area contributed by atoms with Crippen molar-refractivity contribution in [3.8, 4) is 0 Å². The number of anilines is 1. The van der Waals surface area contributed by atoms with Gasteiger partial charge in [0.15, 0.2) is 0 Å². The molecule has 0 saturated heterocycles. The first-order chi connectivity index (χ1) is 11.9. The van der Waals surface area contributed by atoms with Crippen molar-refractivity contribution >= 4 is 23.2 Å². The molecule has 0 aliphatic rings. The van der Waals surface area contributed by atoms with E-state index >= 15 is 0 Å². The summed E-state index contributed by atoms with van der Waals surface area (Å²) < 4.78 is 3.40. The Kier molecular flexibility index (Phi) is 4.90. The molecule has 1 N–H and O–H groups in total. The Labute approximate surface area is 151 Å². The maximum Gasteiger partial charge on any atom is 0.249 e. The minimum absolute atomic E-state index is 0.169. The molecule has 0 aliphatic carbocycles. The van der Waals surface area contributed by atoms with Gasteiger partial charge in [-0.2, -0.15) is 10.2 Å². The van der Waals surface area contributed by atoms with Crippen molar-refractivity contribution in [2.24, 2.45) is 0 Å². The zero-order chi connectivity index (χ0) is 18.0. The summed E-state index contributed by atoms with van der Waals surface area (Å²) in [6.45, 7) is 6.33. The van der Waals surface area contributed by atoms with E-state index < -0.39 is 6.04 Å². The second kappa shape index (κ2) is 7.11. The Morgan fingerprint density at radius 1 is 1.28 bits per heavy atom. The molecule has 0 radical (unpaired) electrons. The largest absolute Gasteiger partial charge is 0.322 e. The molecule has 2 aromatic heterocycles. The van der Waals surface area contributed by atoms with Crippen LogP contribution >= 0.6 is 11.6 Å². The molecular formula is C18H20ClN5O. The minimum atomic E-state index is -0.465. The van der Waals surface area contributed by atoms with E-state index in [1.165, 1.54) is 5.56 Å². The lowest BCUT2D eigenvalue weighted by atomic mass is 10.1. The fourth-order valence-corrected chi connectivity index (χ4v) is 2.79. The van der Waals surface area contributed by atoms with E-state index in [4.69, 9.17) is 11.6 Å². The molecule has 1 aromatic carbocycles. The molecule has 2 heterocycles. The van der Waals surface area contributed by atoms with Gasteiger partial charge in [0, 0.05) is 6.20 Å². The van der Waals surface area contributed by atoms with Crippen molar-refractivity contribution in [1.29, 1.82) is 0 Å². The Bertz CT molecular complexity index is 899. The number of hydrogen-bond donors (Lipinski definition) is 1. The van der Waals surface area contributed by atoms with E-state index in [-0.39, 0.29) is 5.91 Å². The summed E-state index contributed by atoms with van der Waals surface area (Å²) in [4.78, 5) is 12.4. The highest BCUT2D eigenvalue weighted by atomic mass is 35.5. The summed E-state index contributed by atoms with van der Waals surface area (Å²) >= 11 is 6.00.